The van der Waals surface area contributed by atoms with E-state index in [1.54, 1.807) is 37.5 Å². The number of rotatable bonds is 4. The number of likely N-dealkylation sites (tertiary alicyclic amines) is 2. The minimum absolute atomic E-state index is 0.0130. The van der Waals surface area contributed by atoms with Gasteiger partial charge >= 0.3 is 6.03 Å². The van der Waals surface area contributed by atoms with Gasteiger partial charge in [0, 0.05) is 46.2 Å². The molecule has 28 heavy (non-hydrogen) atoms. The number of fused-ring (bicyclic) bond motifs is 1. The number of aryl methyl sites for hydroxylation is 1. The zero-order valence-electron chi connectivity index (χ0n) is 16.6. The van der Waals surface area contributed by atoms with Gasteiger partial charge in [0.1, 0.15) is 18.0 Å². The zero-order chi connectivity index (χ0) is 19.8. The maximum absolute atomic E-state index is 13.9. The second-order valence-electron chi connectivity index (χ2n) is 7.94. The number of urea groups is 1. The summed E-state index contributed by atoms with van der Waals surface area (Å²) in [4.78, 5) is 23.1. The summed E-state index contributed by atoms with van der Waals surface area (Å²) in [7, 11) is 3.53. The number of amides is 2. The number of carbonyl (C=O) groups excluding carboxylic acids is 1. The molecule has 7 nitrogen and oxygen atoms in total. The van der Waals surface area contributed by atoms with E-state index in [-0.39, 0.29) is 23.8 Å². The monoisotopic (exact) mass is 386 g/mol. The van der Waals surface area contributed by atoms with Crippen molar-refractivity contribution in [3.8, 4) is 0 Å². The van der Waals surface area contributed by atoms with Gasteiger partial charge in [-0.05, 0) is 30.5 Å². The number of hydrogen-bond donors (Lipinski definition) is 0. The minimum atomic E-state index is -0.260. The van der Waals surface area contributed by atoms with Crippen LogP contribution in [0.5, 0.6) is 0 Å². The van der Waals surface area contributed by atoms with Crippen LogP contribution in [0.1, 0.15) is 24.4 Å². The van der Waals surface area contributed by atoms with Crippen molar-refractivity contribution in [1.82, 2.24) is 29.5 Å². The Morgan fingerprint density at radius 2 is 2.11 bits per heavy atom. The van der Waals surface area contributed by atoms with Crippen LogP contribution in [0.15, 0.2) is 30.6 Å². The molecule has 8 heteroatoms. The molecule has 2 fully saturated rings. The van der Waals surface area contributed by atoms with Gasteiger partial charge in [0.2, 0.25) is 0 Å². The van der Waals surface area contributed by atoms with Gasteiger partial charge in [-0.1, -0.05) is 12.1 Å². The Balaban J connectivity index is 1.57. The van der Waals surface area contributed by atoms with E-state index in [1.165, 1.54) is 6.07 Å². The number of halogens is 1. The highest BCUT2D eigenvalue weighted by atomic mass is 19.1. The summed E-state index contributed by atoms with van der Waals surface area (Å²) >= 11 is 0. The Hall–Kier alpha value is -2.48. The fourth-order valence-electron chi connectivity index (χ4n) is 4.71. The molecule has 0 radical (unpaired) electrons. The van der Waals surface area contributed by atoms with Crippen molar-refractivity contribution in [2.75, 3.05) is 33.7 Å². The molecule has 3 heterocycles. The van der Waals surface area contributed by atoms with Crippen molar-refractivity contribution in [3.05, 3.63) is 47.8 Å². The van der Waals surface area contributed by atoms with Gasteiger partial charge in [-0.3, -0.25) is 4.90 Å². The standard InChI is InChI=1S/C20H27FN6O/c1-4-27-18(22-13-23-27)12-25-9-15-10-26(20(28)24(2)3)19(17(15)11-25)14-6-5-7-16(21)8-14/h5-8,13,15,17,19H,4,9-12H2,1-3H3/t15-,17-,19-/m1/s1. The predicted molar refractivity (Wildman–Crippen MR) is 103 cm³/mol. The van der Waals surface area contributed by atoms with Crippen LogP contribution >= 0.6 is 0 Å². The Labute approximate surface area is 164 Å². The summed E-state index contributed by atoms with van der Waals surface area (Å²) in [5.41, 5.74) is 0.876. The number of aromatic nitrogens is 3. The highest BCUT2D eigenvalue weighted by Gasteiger charge is 2.49. The first-order valence-corrected chi connectivity index (χ1v) is 9.80. The summed E-state index contributed by atoms with van der Waals surface area (Å²) in [6, 6.07) is 6.56. The molecule has 1 aromatic heterocycles. The van der Waals surface area contributed by atoms with E-state index in [2.05, 4.69) is 21.9 Å². The van der Waals surface area contributed by atoms with Crippen LogP contribution in [0.3, 0.4) is 0 Å². The quantitative estimate of drug-likeness (QED) is 0.809. The summed E-state index contributed by atoms with van der Waals surface area (Å²) in [6.45, 7) is 6.07. The van der Waals surface area contributed by atoms with Crippen LogP contribution in [0.2, 0.25) is 0 Å². The average molecular weight is 386 g/mol. The third kappa shape index (κ3) is 3.37. The predicted octanol–water partition coefficient (Wildman–Crippen LogP) is 2.22. The normalized spacial score (nSPS) is 24.6. The van der Waals surface area contributed by atoms with Gasteiger partial charge in [-0.2, -0.15) is 5.10 Å². The van der Waals surface area contributed by atoms with E-state index >= 15 is 0 Å². The second kappa shape index (κ2) is 7.50. The molecule has 2 aliphatic heterocycles. The van der Waals surface area contributed by atoms with Gasteiger partial charge in [0.25, 0.3) is 0 Å². The zero-order valence-corrected chi connectivity index (χ0v) is 16.6. The smallest absolute Gasteiger partial charge is 0.320 e. The molecule has 2 aliphatic rings. The van der Waals surface area contributed by atoms with Crippen LogP contribution in [0.4, 0.5) is 9.18 Å². The molecule has 2 amide bonds. The van der Waals surface area contributed by atoms with Crippen molar-refractivity contribution < 1.29 is 9.18 Å². The first kappa shape index (κ1) is 18.9. The molecule has 1 aromatic carbocycles. The maximum Gasteiger partial charge on any atom is 0.320 e. The van der Waals surface area contributed by atoms with E-state index < -0.39 is 0 Å². The molecule has 0 spiro atoms. The SMILES string of the molecule is CCn1ncnc1CN1C[C@@H]2CN(C(=O)N(C)C)[C@H](c3cccc(F)c3)[C@@H]2C1. The molecule has 0 aliphatic carbocycles. The minimum Gasteiger partial charge on any atom is -0.331 e. The number of nitrogens with zero attached hydrogens (tertiary/aromatic N) is 6. The van der Waals surface area contributed by atoms with E-state index in [4.69, 9.17) is 0 Å². The summed E-state index contributed by atoms with van der Waals surface area (Å²) < 4.78 is 15.8. The summed E-state index contributed by atoms with van der Waals surface area (Å²) in [5, 5.41) is 4.25. The van der Waals surface area contributed by atoms with Crippen LogP contribution in [0, 0.1) is 17.7 Å². The van der Waals surface area contributed by atoms with E-state index in [0.29, 0.717) is 12.5 Å². The first-order valence-electron chi connectivity index (χ1n) is 9.80. The molecule has 0 saturated carbocycles. The lowest BCUT2D eigenvalue weighted by Crippen LogP contribution is -2.41. The van der Waals surface area contributed by atoms with Crippen molar-refractivity contribution >= 4 is 6.03 Å². The van der Waals surface area contributed by atoms with Crippen LogP contribution in [-0.4, -0.2) is 69.2 Å². The average Bonchev–Trinajstić information content (AvgIpc) is 3.35. The maximum atomic E-state index is 13.9. The van der Waals surface area contributed by atoms with Crippen molar-refractivity contribution in [2.24, 2.45) is 11.8 Å². The second-order valence-corrected chi connectivity index (χ2v) is 7.94. The molecule has 2 saturated heterocycles. The largest absolute Gasteiger partial charge is 0.331 e. The van der Waals surface area contributed by atoms with Gasteiger partial charge in [-0.25, -0.2) is 18.9 Å². The van der Waals surface area contributed by atoms with Gasteiger partial charge in [0.15, 0.2) is 0 Å². The third-order valence-electron chi connectivity index (χ3n) is 5.92. The van der Waals surface area contributed by atoms with E-state index in [9.17, 15) is 9.18 Å². The van der Waals surface area contributed by atoms with Crippen molar-refractivity contribution in [3.63, 3.8) is 0 Å². The van der Waals surface area contributed by atoms with Gasteiger partial charge in [-0.15, -0.1) is 0 Å². The van der Waals surface area contributed by atoms with Crippen molar-refractivity contribution in [2.45, 2.75) is 26.1 Å². The lowest BCUT2D eigenvalue weighted by Gasteiger charge is -2.31. The number of hydrogen-bond acceptors (Lipinski definition) is 4. The fraction of sp³-hybridized carbons (Fsp3) is 0.550. The number of carbonyl (C=O) groups is 1. The van der Waals surface area contributed by atoms with Crippen LogP contribution in [0.25, 0.3) is 0 Å². The molecule has 0 unspecified atom stereocenters. The Kier molecular flexibility index (Phi) is 5.05. The fourth-order valence-corrected chi connectivity index (χ4v) is 4.71. The molecular formula is C20H27FN6O. The molecule has 4 rings (SSSR count). The molecule has 0 N–H and O–H groups in total. The van der Waals surface area contributed by atoms with Gasteiger partial charge < -0.3 is 9.80 Å². The first-order chi connectivity index (χ1) is 13.5. The highest BCUT2D eigenvalue weighted by molar-refractivity contribution is 5.75. The van der Waals surface area contributed by atoms with Crippen LogP contribution in [-0.2, 0) is 13.1 Å². The van der Waals surface area contributed by atoms with Crippen LogP contribution < -0.4 is 0 Å². The Bertz CT molecular complexity index is 853. The Morgan fingerprint density at radius 3 is 2.82 bits per heavy atom. The third-order valence-corrected chi connectivity index (χ3v) is 5.92. The molecule has 150 valence electrons. The lowest BCUT2D eigenvalue weighted by atomic mass is 9.89. The Morgan fingerprint density at radius 1 is 1.29 bits per heavy atom. The van der Waals surface area contributed by atoms with Gasteiger partial charge in [0.05, 0.1) is 12.6 Å². The molecular weight excluding hydrogens is 359 g/mol. The van der Waals surface area contributed by atoms with E-state index in [1.807, 2.05) is 15.6 Å². The summed E-state index contributed by atoms with van der Waals surface area (Å²) in [6.07, 6.45) is 1.60. The molecule has 2 aromatic rings. The topological polar surface area (TPSA) is 57.5 Å². The molecule has 0 bridgehead atoms. The molecule has 3 atom stereocenters. The number of benzene rings is 1. The highest BCUT2D eigenvalue weighted by Crippen LogP contribution is 2.45. The van der Waals surface area contributed by atoms with E-state index in [0.717, 1.165) is 37.6 Å². The lowest BCUT2D eigenvalue weighted by molar-refractivity contribution is 0.151. The van der Waals surface area contributed by atoms with Crippen molar-refractivity contribution in [1.29, 1.82) is 0 Å². The summed E-state index contributed by atoms with van der Waals surface area (Å²) in [5.74, 6) is 1.36.